The molecule has 0 aromatic carbocycles. The lowest BCUT2D eigenvalue weighted by atomic mass is 9.92. The number of rotatable bonds is 6. The maximum atomic E-state index is 11.5. The highest BCUT2D eigenvalue weighted by Gasteiger charge is 2.15. The Hall–Kier alpha value is -0.570. The SMILES string of the molecule is CC(C)(C)CC(=O)NCCCCNC(C)(C)C. The largest absolute Gasteiger partial charge is 0.356 e. The van der Waals surface area contributed by atoms with Crippen LogP contribution in [0.1, 0.15) is 60.8 Å². The van der Waals surface area contributed by atoms with Crippen LogP contribution < -0.4 is 10.6 Å². The first-order chi connectivity index (χ1) is 7.60. The molecule has 0 rings (SSSR count). The smallest absolute Gasteiger partial charge is 0.220 e. The highest BCUT2D eigenvalue weighted by molar-refractivity contribution is 5.76. The molecule has 17 heavy (non-hydrogen) atoms. The van der Waals surface area contributed by atoms with Gasteiger partial charge in [0.1, 0.15) is 0 Å². The minimum Gasteiger partial charge on any atom is -0.356 e. The molecule has 0 spiro atoms. The minimum atomic E-state index is 0.0812. The Morgan fingerprint density at radius 1 is 0.941 bits per heavy atom. The third-order valence-corrected chi connectivity index (χ3v) is 2.27. The van der Waals surface area contributed by atoms with Crippen molar-refractivity contribution in [3.8, 4) is 0 Å². The van der Waals surface area contributed by atoms with Crippen molar-refractivity contribution in [1.82, 2.24) is 10.6 Å². The lowest BCUT2D eigenvalue weighted by molar-refractivity contribution is -0.122. The molecule has 0 radical (unpaired) electrons. The molecule has 0 bridgehead atoms. The van der Waals surface area contributed by atoms with Crippen LogP contribution in [0.4, 0.5) is 0 Å². The predicted molar refractivity (Wildman–Crippen MR) is 74.1 cm³/mol. The van der Waals surface area contributed by atoms with E-state index in [0.717, 1.165) is 25.9 Å². The fourth-order valence-electron chi connectivity index (χ4n) is 1.49. The molecular formula is C14H30N2O. The zero-order chi connectivity index (χ0) is 13.5. The molecule has 0 aromatic rings. The van der Waals surface area contributed by atoms with Gasteiger partial charge in [0.25, 0.3) is 0 Å². The number of carbonyl (C=O) groups excluding carboxylic acids is 1. The summed E-state index contributed by atoms with van der Waals surface area (Å²) in [6.45, 7) is 14.5. The molecule has 0 aliphatic rings. The fourth-order valence-corrected chi connectivity index (χ4v) is 1.49. The Bertz CT molecular complexity index is 223. The van der Waals surface area contributed by atoms with Gasteiger partial charge >= 0.3 is 0 Å². The summed E-state index contributed by atoms with van der Waals surface area (Å²) < 4.78 is 0. The summed E-state index contributed by atoms with van der Waals surface area (Å²) in [5.74, 6) is 0.168. The van der Waals surface area contributed by atoms with E-state index in [1.165, 1.54) is 0 Å². The van der Waals surface area contributed by atoms with Crippen LogP contribution in [0.15, 0.2) is 0 Å². The summed E-state index contributed by atoms with van der Waals surface area (Å²) in [4.78, 5) is 11.5. The van der Waals surface area contributed by atoms with Crippen molar-refractivity contribution >= 4 is 5.91 Å². The highest BCUT2D eigenvalue weighted by Crippen LogP contribution is 2.17. The molecule has 0 saturated carbocycles. The topological polar surface area (TPSA) is 41.1 Å². The summed E-state index contributed by atoms with van der Waals surface area (Å²) in [7, 11) is 0. The maximum absolute atomic E-state index is 11.5. The van der Waals surface area contributed by atoms with E-state index in [4.69, 9.17) is 0 Å². The molecule has 0 aliphatic heterocycles. The molecule has 1 amide bonds. The average Bonchev–Trinajstić information content (AvgIpc) is 2.06. The Morgan fingerprint density at radius 3 is 1.94 bits per heavy atom. The molecule has 3 nitrogen and oxygen atoms in total. The second-order valence-electron chi connectivity index (χ2n) is 6.97. The summed E-state index contributed by atoms with van der Waals surface area (Å²) >= 11 is 0. The van der Waals surface area contributed by atoms with E-state index in [2.05, 4.69) is 52.2 Å². The summed E-state index contributed by atoms with van der Waals surface area (Å²) in [5, 5.41) is 6.41. The zero-order valence-electron chi connectivity index (χ0n) is 12.4. The van der Waals surface area contributed by atoms with Gasteiger partial charge in [-0.1, -0.05) is 20.8 Å². The number of hydrogen-bond acceptors (Lipinski definition) is 2. The monoisotopic (exact) mass is 242 g/mol. The third kappa shape index (κ3) is 13.4. The molecular weight excluding hydrogens is 212 g/mol. The fraction of sp³-hybridized carbons (Fsp3) is 0.929. The van der Waals surface area contributed by atoms with Gasteiger partial charge in [0.05, 0.1) is 0 Å². The summed E-state index contributed by atoms with van der Waals surface area (Å²) in [6, 6.07) is 0. The quantitative estimate of drug-likeness (QED) is 0.703. The van der Waals surface area contributed by atoms with E-state index >= 15 is 0 Å². The van der Waals surface area contributed by atoms with Gasteiger partial charge in [0.2, 0.25) is 5.91 Å². The van der Waals surface area contributed by atoms with Gasteiger partial charge in [-0.3, -0.25) is 4.79 Å². The molecule has 0 unspecified atom stereocenters. The van der Waals surface area contributed by atoms with E-state index < -0.39 is 0 Å². The van der Waals surface area contributed by atoms with E-state index in [1.54, 1.807) is 0 Å². The number of carbonyl (C=O) groups is 1. The van der Waals surface area contributed by atoms with Crippen molar-refractivity contribution in [2.75, 3.05) is 13.1 Å². The van der Waals surface area contributed by atoms with Crippen LogP contribution in [0.5, 0.6) is 0 Å². The standard InChI is InChI=1S/C14H30N2O/c1-13(2,3)11-12(17)15-9-7-8-10-16-14(4,5)6/h16H,7-11H2,1-6H3,(H,15,17). The van der Waals surface area contributed by atoms with E-state index in [9.17, 15) is 4.79 Å². The van der Waals surface area contributed by atoms with Gasteiger partial charge in [-0.05, 0) is 45.6 Å². The van der Waals surface area contributed by atoms with Crippen molar-refractivity contribution in [1.29, 1.82) is 0 Å². The van der Waals surface area contributed by atoms with Crippen LogP contribution in [-0.2, 0) is 4.79 Å². The van der Waals surface area contributed by atoms with Crippen molar-refractivity contribution in [2.24, 2.45) is 5.41 Å². The molecule has 3 heteroatoms. The Balaban J connectivity index is 3.44. The van der Waals surface area contributed by atoms with Gasteiger partial charge in [-0.15, -0.1) is 0 Å². The van der Waals surface area contributed by atoms with Crippen LogP contribution in [0, 0.1) is 5.41 Å². The van der Waals surface area contributed by atoms with Gasteiger partial charge < -0.3 is 10.6 Å². The third-order valence-electron chi connectivity index (χ3n) is 2.27. The number of hydrogen-bond donors (Lipinski definition) is 2. The Kier molecular flexibility index (Phi) is 6.76. The van der Waals surface area contributed by atoms with Crippen LogP contribution in [-0.4, -0.2) is 24.5 Å². The number of unbranched alkanes of at least 4 members (excludes halogenated alkanes) is 1. The lowest BCUT2D eigenvalue weighted by Gasteiger charge is -2.20. The first-order valence-corrected chi connectivity index (χ1v) is 6.62. The van der Waals surface area contributed by atoms with Crippen molar-refractivity contribution in [3.63, 3.8) is 0 Å². The van der Waals surface area contributed by atoms with Crippen molar-refractivity contribution in [3.05, 3.63) is 0 Å². The Morgan fingerprint density at radius 2 is 1.47 bits per heavy atom. The van der Waals surface area contributed by atoms with E-state index in [0.29, 0.717) is 6.42 Å². The number of amides is 1. The normalized spacial score (nSPS) is 12.6. The molecule has 0 fully saturated rings. The summed E-state index contributed by atoms with van der Waals surface area (Å²) in [6.07, 6.45) is 2.75. The Labute approximate surface area is 107 Å². The van der Waals surface area contributed by atoms with E-state index in [-0.39, 0.29) is 16.9 Å². The van der Waals surface area contributed by atoms with Gasteiger partial charge in [-0.2, -0.15) is 0 Å². The molecule has 0 heterocycles. The first-order valence-electron chi connectivity index (χ1n) is 6.62. The predicted octanol–water partition coefficient (Wildman–Crippen LogP) is 2.71. The number of nitrogens with one attached hydrogen (secondary N) is 2. The lowest BCUT2D eigenvalue weighted by Crippen LogP contribution is -2.36. The van der Waals surface area contributed by atoms with Gasteiger partial charge in [0.15, 0.2) is 0 Å². The van der Waals surface area contributed by atoms with Crippen molar-refractivity contribution in [2.45, 2.75) is 66.3 Å². The van der Waals surface area contributed by atoms with Gasteiger partial charge in [-0.25, -0.2) is 0 Å². The second-order valence-corrected chi connectivity index (χ2v) is 6.97. The van der Waals surface area contributed by atoms with E-state index in [1.807, 2.05) is 0 Å². The van der Waals surface area contributed by atoms with Crippen LogP contribution in [0.2, 0.25) is 0 Å². The maximum Gasteiger partial charge on any atom is 0.220 e. The van der Waals surface area contributed by atoms with Crippen LogP contribution >= 0.6 is 0 Å². The second kappa shape index (κ2) is 7.00. The molecule has 0 saturated heterocycles. The van der Waals surface area contributed by atoms with Crippen LogP contribution in [0.25, 0.3) is 0 Å². The average molecular weight is 242 g/mol. The zero-order valence-corrected chi connectivity index (χ0v) is 12.4. The molecule has 0 atom stereocenters. The van der Waals surface area contributed by atoms with Crippen molar-refractivity contribution < 1.29 is 4.79 Å². The highest BCUT2D eigenvalue weighted by atomic mass is 16.1. The summed E-state index contributed by atoms with van der Waals surface area (Å²) in [5.41, 5.74) is 0.271. The first kappa shape index (κ1) is 16.4. The molecule has 0 aromatic heterocycles. The molecule has 2 N–H and O–H groups in total. The molecule has 0 aliphatic carbocycles. The minimum absolute atomic E-state index is 0.0812. The van der Waals surface area contributed by atoms with Crippen LogP contribution in [0.3, 0.4) is 0 Å². The van der Waals surface area contributed by atoms with Gasteiger partial charge in [0, 0.05) is 18.5 Å². The molecule has 102 valence electrons.